The van der Waals surface area contributed by atoms with Crippen molar-refractivity contribution in [2.75, 3.05) is 6.61 Å². The Morgan fingerprint density at radius 2 is 2.31 bits per heavy atom. The lowest BCUT2D eigenvalue weighted by Gasteiger charge is -2.04. The molecule has 1 radical (unpaired) electrons. The molecule has 3 rings (SSSR count). The number of aromatic amines is 1. The lowest BCUT2D eigenvalue weighted by Crippen LogP contribution is -2.08. The Morgan fingerprint density at radius 1 is 1.50 bits per heavy atom. The van der Waals surface area contributed by atoms with E-state index in [9.17, 15) is 4.79 Å². The molecular formula is C11H9BrNO2S. The number of aromatic nitrogens is 1. The summed E-state index contributed by atoms with van der Waals surface area (Å²) in [6.45, 7) is 4.59. The molecule has 0 spiro atoms. The van der Waals surface area contributed by atoms with Gasteiger partial charge >= 0.3 is 0 Å². The Kier molecular flexibility index (Phi) is 2.33. The van der Waals surface area contributed by atoms with Crippen LogP contribution >= 0.6 is 27.3 Å². The van der Waals surface area contributed by atoms with Crippen molar-refractivity contribution in [3.63, 3.8) is 0 Å². The third-order valence-corrected chi connectivity index (χ3v) is 4.58. The number of rotatable bonds is 0. The molecule has 0 saturated heterocycles. The summed E-state index contributed by atoms with van der Waals surface area (Å²) in [5.74, 6) is 0.809. The summed E-state index contributed by atoms with van der Waals surface area (Å²) < 4.78 is 7.30. The lowest BCUT2D eigenvalue weighted by molar-refractivity contribution is 0.319. The van der Waals surface area contributed by atoms with Crippen molar-refractivity contribution in [3.05, 3.63) is 32.3 Å². The highest BCUT2D eigenvalue weighted by Crippen LogP contribution is 2.43. The number of halogens is 1. The normalized spacial score (nSPS) is 14.9. The van der Waals surface area contributed by atoms with E-state index in [1.54, 1.807) is 0 Å². The van der Waals surface area contributed by atoms with Crippen LogP contribution in [-0.2, 0) is 6.42 Å². The maximum Gasteiger partial charge on any atom is 0.266 e. The first-order valence-corrected chi connectivity index (χ1v) is 6.61. The molecule has 0 aliphatic carbocycles. The summed E-state index contributed by atoms with van der Waals surface area (Å²) in [6, 6.07) is 0. The van der Waals surface area contributed by atoms with Crippen LogP contribution in [0.1, 0.15) is 17.7 Å². The number of ether oxygens (including phenoxy) is 1. The van der Waals surface area contributed by atoms with Gasteiger partial charge in [0, 0.05) is 11.1 Å². The van der Waals surface area contributed by atoms with Crippen LogP contribution in [0, 0.1) is 6.92 Å². The van der Waals surface area contributed by atoms with Crippen LogP contribution in [0.25, 0.3) is 10.1 Å². The molecule has 0 unspecified atom stereocenters. The molecule has 0 aromatic carbocycles. The van der Waals surface area contributed by atoms with Crippen LogP contribution in [-0.4, -0.2) is 11.6 Å². The monoisotopic (exact) mass is 298 g/mol. The quantitative estimate of drug-likeness (QED) is 0.813. The molecule has 1 aliphatic rings. The molecule has 2 aromatic heterocycles. The minimum absolute atomic E-state index is 0.0776. The van der Waals surface area contributed by atoms with E-state index in [1.807, 2.05) is 0 Å². The second kappa shape index (κ2) is 3.60. The molecular weight excluding hydrogens is 290 g/mol. The number of thiophene rings is 1. The van der Waals surface area contributed by atoms with Gasteiger partial charge in [-0.2, -0.15) is 0 Å². The van der Waals surface area contributed by atoms with Gasteiger partial charge in [-0.1, -0.05) is 0 Å². The predicted octanol–water partition coefficient (Wildman–Crippen LogP) is 2.86. The zero-order valence-electron chi connectivity index (χ0n) is 8.43. The van der Waals surface area contributed by atoms with E-state index in [2.05, 4.69) is 27.8 Å². The first kappa shape index (κ1) is 10.4. The van der Waals surface area contributed by atoms with Gasteiger partial charge in [0.25, 0.3) is 5.56 Å². The average Bonchev–Trinajstić information content (AvgIpc) is 2.47. The standard InChI is InChI=1S/C11H9BrNO2S/c1-5-6-3-2-4-15-8-7(6)9(11(14)13-5)16-10(8)12/h1-4H2,(H,13,14). The summed E-state index contributed by atoms with van der Waals surface area (Å²) in [5, 5.41) is 0.947. The van der Waals surface area contributed by atoms with E-state index in [-0.39, 0.29) is 5.56 Å². The number of pyridine rings is 1. The highest BCUT2D eigenvalue weighted by Gasteiger charge is 2.21. The van der Waals surface area contributed by atoms with Crippen LogP contribution in [0.2, 0.25) is 0 Å². The van der Waals surface area contributed by atoms with Crippen molar-refractivity contribution in [3.8, 4) is 5.75 Å². The number of hydrogen-bond acceptors (Lipinski definition) is 3. The van der Waals surface area contributed by atoms with Crippen LogP contribution in [0.5, 0.6) is 5.75 Å². The van der Waals surface area contributed by atoms with E-state index in [0.29, 0.717) is 6.61 Å². The van der Waals surface area contributed by atoms with Gasteiger partial charge in [-0.15, -0.1) is 11.3 Å². The Bertz CT molecular complexity index is 629. The second-order valence-corrected chi connectivity index (χ2v) is 6.11. The molecule has 83 valence electrons. The largest absolute Gasteiger partial charge is 0.491 e. The summed E-state index contributed by atoms with van der Waals surface area (Å²) in [6.07, 6.45) is 1.86. The Morgan fingerprint density at radius 3 is 3.12 bits per heavy atom. The SMILES string of the molecule is [CH2]c1[nH]c(=O)c2sc(Br)c3c2c1CCCO3. The topological polar surface area (TPSA) is 42.1 Å². The number of aryl methyl sites for hydroxylation is 1. The third kappa shape index (κ3) is 1.34. The fraction of sp³-hybridized carbons (Fsp3) is 0.273. The van der Waals surface area contributed by atoms with Gasteiger partial charge < -0.3 is 9.72 Å². The van der Waals surface area contributed by atoms with Crippen LogP contribution in [0.15, 0.2) is 8.58 Å². The Labute approximate surface area is 105 Å². The Hall–Kier alpha value is -0.810. The number of hydrogen-bond donors (Lipinski definition) is 1. The van der Waals surface area contributed by atoms with Gasteiger partial charge in [0.15, 0.2) is 5.75 Å². The van der Waals surface area contributed by atoms with E-state index < -0.39 is 0 Å². The van der Waals surface area contributed by atoms with E-state index in [0.717, 1.165) is 43.7 Å². The summed E-state index contributed by atoms with van der Waals surface area (Å²) in [7, 11) is 0. The van der Waals surface area contributed by atoms with Crippen LogP contribution in [0.4, 0.5) is 0 Å². The highest BCUT2D eigenvalue weighted by atomic mass is 79.9. The molecule has 0 bridgehead atoms. The van der Waals surface area contributed by atoms with Gasteiger partial charge in [0.2, 0.25) is 0 Å². The predicted molar refractivity (Wildman–Crippen MR) is 68.4 cm³/mol. The first-order valence-electron chi connectivity index (χ1n) is 5.00. The molecule has 0 fully saturated rings. The fourth-order valence-electron chi connectivity index (χ4n) is 2.07. The minimum Gasteiger partial charge on any atom is -0.491 e. The van der Waals surface area contributed by atoms with Crippen LogP contribution in [0.3, 0.4) is 0 Å². The smallest absolute Gasteiger partial charge is 0.266 e. The van der Waals surface area contributed by atoms with Gasteiger partial charge in [-0.3, -0.25) is 4.79 Å². The molecule has 0 saturated carbocycles. The van der Waals surface area contributed by atoms with Crippen LogP contribution < -0.4 is 10.3 Å². The molecule has 5 heteroatoms. The van der Waals surface area contributed by atoms with Crippen molar-refractivity contribution < 1.29 is 4.74 Å². The van der Waals surface area contributed by atoms with Gasteiger partial charge in [-0.25, -0.2) is 0 Å². The molecule has 3 heterocycles. The molecule has 2 aromatic rings. The lowest BCUT2D eigenvalue weighted by atomic mass is 10.1. The van der Waals surface area contributed by atoms with E-state index in [1.165, 1.54) is 11.3 Å². The van der Waals surface area contributed by atoms with Crippen molar-refractivity contribution in [2.45, 2.75) is 12.8 Å². The fourth-order valence-corrected chi connectivity index (χ4v) is 3.76. The molecule has 0 amide bonds. The van der Waals surface area contributed by atoms with Crippen molar-refractivity contribution >= 4 is 37.4 Å². The van der Waals surface area contributed by atoms with Gasteiger partial charge in [0.1, 0.15) is 8.49 Å². The molecule has 0 atom stereocenters. The minimum atomic E-state index is -0.0776. The van der Waals surface area contributed by atoms with Crippen molar-refractivity contribution in [1.82, 2.24) is 4.98 Å². The van der Waals surface area contributed by atoms with Crippen molar-refractivity contribution in [2.24, 2.45) is 0 Å². The highest BCUT2D eigenvalue weighted by molar-refractivity contribution is 9.11. The third-order valence-electron chi connectivity index (χ3n) is 2.78. The molecule has 1 N–H and O–H groups in total. The molecule has 3 nitrogen and oxygen atoms in total. The maximum atomic E-state index is 11.8. The number of H-pyrrole nitrogens is 1. The zero-order valence-corrected chi connectivity index (χ0v) is 10.8. The maximum absolute atomic E-state index is 11.8. The zero-order chi connectivity index (χ0) is 11.3. The van der Waals surface area contributed by atoms with Crippen molar-refractivity contribution in [1.29, 1.82) is 0 Å². The second-order valence-electron chi connectivity index (χ2n) is 3.77. The number of nitrogens with one attached hydrogen (secondary N) is 1. The molecule has 1 aliphatic heterocycles. The average molecular weight is 299 g/mol. The molecule has 16 heavy (non-hydrogen) atoms. The Balaban J connectivity index is 2.53. The summed E-state index contributed by atoms with van der Waals surface area (Å²) >= 11 is 4.87. The summed E-state index contributed by atoms with van der Waals surface area (Å²) in [5.41, 5.74) is 1.75. The summed E-state index contributed by atoms with van der Waals surface area (Å²) in [4.78, 5) is 14.6. The van der Waals surface area contributed by atoms with E-state index in [4.69, 9.17) is 4.74 Å². The van der Waals surface area contributed by atoms with Gasteiger partial charge in [0.05, 0.1) is 6.61 Å². The first-order chi connectivity index (χ1) is 7.68. The van der Waals surface area contributed by atoms with E-state index >= 15 is 0 Å². The van der Waals surface area contributed by atoms with Gasteiger partial charge in [-0.05, 0) is 41.3 Å².